The quantitative estimate of drug-likeness (QED) is 0.874. The van der Waals surface area contributed by atoms with E-state index in [1.807, 2.05) is 31.2 Å². The van der Waals surface area contributed by atoms with Gasteiger partial charge in [0.25, 0.3) is 0 Å². The first-order valence-electron chi connectivity index (χ1n) is 5.49. The van der Waals surface area contributed by atoms with Gasteiger partial charge in [-0.15, -0.1) is 11.3 Å². The van der Waals surface area contributed by atoms with Crippen molar-refractivity contribution in [3.05, 3.63) is 45.4 Å². The Morgan fingerprint density at radius 3 is 2.56 bits per heavy atom. The Hall–Kier alpha value is -1.46. The molecule has 0 amide bonds. The number of methoxy groups -OCH3 is 1. The highest BCUT2D eigenvalue weighted by Gasteiger charge is 2.10. The van der Waals surface area contributed by atoms with E-state index >= 15 is 0 Å². The highest BCUT2D eigenvalue weighted by Crippen LogP contribution is 2.21. The Balaban J connectivity index is 2.18. The molecule has 0 radical (unpaired) electrons. The van der Waals surface area contributed by atoms with Gasteiger partial charge in [-0.05, 0) is 24.6 Å². The van der Waals surface area contributed by atoms with Crippen LogP contribution in [0.5, 0.6) is 5.75 Å². The van der Waals surface area contributed by atoms with Gasteiger partial charge < -0.3 is 10.5 Å². The fourth-order valence-electron chi connectivity index (χ4n) is 1.67. The molecule has 2 rings (SSSR count). The third-order valence-corrected chi connectivity index (χ3v) is 4.10. The van der Waals surface area contributed by atoms with Crippen LogP contribution in [0.4, 0.5) is 0 Å². The smallest absolute Gasteiger partial charge is 0.118 e. The number of rotatable bonds is 4. The van der Waals surface area contributed by atoms with Crippen molar-refractivity contribution in [2.45, 2.75) is 13.3 Å². The summed E-state index contributed by atoms with van der Waals surface area (Å²) in [5, 5.41) is 1.03. The molecule has 3 nitrogen and oxygen atoms in total. The van der Waals surface area contributed by atoms with Crippen LogP contribution in [0, 0.1) is 6.92 Å². The molecule has 0 saturated heterocycles. The van der Waals surface area contributed by atoms with E-state index in [9.17, 15) is 0 Å². The molecule has 5 heteroatoms. The van der Waals surface area contributed by atoms with E-state index in [2.05, 4.69) is 4.98 Å². The largest absolute Gasteiger partial charge is 0.497 e. The maximum absolute atomic E-state index is 5.64. The molecule has 0 unspecified atom stereocenters. The number of hydrogen-bond acceptors (Lipinski definition) is 4. The van der Waals surface area contributed by atoms with Crippen molar-refractivity contribution in [1.82, 2.24) is 4.98 Å². The summed E-state index contributed by atoms with van der Waals surface area (Å²) in [6, 6.07) is 7.97. The zero-order valence-electron chi connectivity index (χ0n) is 10.3. The molecule has 1 aromatic carbocycles. The lowest BCUT2D eigenvalue weighted by molar-refractivity contribution is 0.414. The molecule has 2 N–H and O–H groups in total. The summed E-state index contributed by atoms with van der Waals surface area (Å²) in [4.78, 5) is 5.82. The lowest BCUT2D eigenvalue weighted by Crippen LogP contribution is -2.08. The van der Waals surface area contributed by atoms with Crippen molar-refractivity contribution in [2.24, 2.45) is 5.73 Å². The van der Waals surface area contributed by atoms with Crippen LogP contribution in [0.3, 0.4) is 0 Å². The van der Waals surface area contributed by atoms with E-state index in [1.165, 1.54) is 5.56 Å². The Bertz CT molecular complexity index is 561. The molecule has 0 atom stereocenters. The fourth-order valence-corrected chi connectivity index (χ4v) is 2.90. The molecule has 18 heavy (non-hydrogen) atoms. The first kappa shape index (κ1) is 13.0. The summed E-state index contributed by atoms with van der Waals surface area (Å²) < 4.78 is 5.13. The van der Waals surface area contributed by atoms with E-state index in [-0.39, 0.29) is 0 Å². The van der Waals surface area contributed by atoms with Gasteiger partial charge in [-0.2, -0.15) is 0 Å². The van der Waals surface area contributed by atoms with Gasteiger partial charge in [0.1, 0.15) is 10.7 Å². The van der Waals surface area contributed by atoms with E-state index in [1.54, 1.807) is 18.4 Å². The van der Waals surface area contributed by atoms with Crippen LogP contribution in [0.25, 0.3) is 0 Å². The number of nitrogens with zero attached hydrogens (tertiary/aromatic N) is 1. The van der Waals surface area contributed by atoms with Gasteiger partial charge in [0.2, 0.25) is 0 Å². The number of aryl methyl sites for hydroxylation is 1. The summed E-state index contributed by atoms with van der Waals surface area (Å²) in [7, 11) is 1.66. The Labute approximate surface area is 116 Å². The molecule has 0 aliphatic heterocycles. The number of hydrogen-bond donors (Lipinski definition) is 1. The van der Waals surface area contributed by atoms with Crippen LogP contribution in [-0.4, -0.2) is 17.1 Å². The molecule has 0 spiro atoms. The predicted octanol–water partition coefficient (Wildman–Crippen LogP) is 2.69. The SMILES string of the molecule is COc1ccc(Cc2nc(C)c(C(N)=S)s2)cc1. The van der Waals surface area contributed by atoms with E-state index in [0.717, 1.165) is 27.7 Å². The molecule has 0 saturated carbocycles. The molecule has 94 valence electrons. The van der Waals surface area contributed by atoms with E-state index in [0.29, 0.717) is 4.99 Å². The standard InChI is InChI=1S/C13H14N2OS2/c1-8-12(13(14)17)18-11(15-8)7-9-3-5-10(16-2)6-4-9/h3-6H,7H2,1-2H3,(H2,14,17). The molecule has 0 aliphatic rings. The van der Waals surface area contributed by atoms with E-state index in [4.69, 9.17) is 22.7 Å². The molecule has 1 aromatic heterocycles. The molecule has 0 aliphatic carbocycles. The average Bonchev–Trinajstić information content (AvgIpc) is 2.71. The van der Waals surface area contributed by atoms with Gasteiger partial charge in [-0.1, -0.05) is 24.4 Å². The first-order valence-corrected chi connectivity index (χ1v) is 6.71. The van der Waals surface area contributed by atoms with Crippen molar-refractivity contribution in [3.63, 3.8) is 0 Å². The highest BCUT2D eigenvalue weighted by atomic mass is 32.1. The number of ether oxygens (including phenoxy) is 1. The summed E-state index contributed by atoms with van der Waals surface area (Å²) >= 11 is 6.56. The molecule has 0 fully saturated rings. The predicted molar refractivity (Wildman–Crippen MR) is 78.5 cm³/mol. The van der Waals surface area contributed by atoms with Gasteiger partial charge in [0.15, 0.2) is 0 Å². The number of thiazole rings is 1. The second kappa shape index (κ2) is 5.46. The topological polar surface area (TPSA) is 48.1 Å². The van der Waals surface area contributed by atoms with Crippen LogP contribution in [0.2, 0.25) is 0 Å². The van der Waals surface area contributed by atoms with Crippen LogP contribution in [0.1, 0.15) is 21.1 Å². The Kier molecular flexibility index (Phi) is 3.93. The van der Waals surface area contributed by atoms with Crippen molar-refractivity contribution in [3.8, 4) is 5.75 Å². The third-order valence-electron chi connectivity index (χ3n) is 2.58. The third kappa shape index (κ3) is 2.86. The lowest BCUT2D eigenvalue weighted by atomic mass is 10.1. The first-order chi connectivity index (χ1) is 8.60. The van der Waals surface area contributed by atoms with Crippen molar-refractivity contribution in [2.75, 3.05) is 7.11 Å². The zero-order chi connectivity index (χ0) is 13.1. The normalized spacial score (nSPS) is 10.3. The monoisotopic (exact) mass is 278 g/mol. The fraction of sp³-hybridized carbons (Fsp3) is 0.231. The van der Waals surface area contributed by atoms with Crippen molar-refractivity contribution < 1.29 is 4.74 Å². The van der Waals surface area contributed by atoms with Gasteiger partial charge in [0, 0.05) is 6.42 Å². The minimum absolute atomic E-state index is 0.422. The summed E-state index contributed by atoms with van der Waals surface area (Å²) in [6.45, 7) is 1.93. The average molecular weight is 278 g/mol. The molecular weight excluding hydrogens is 264 g/mol. The molecule has 1 heterocycles. The van der Waals surface area contributed by atoms with Crippen LogP contribution in [0.15, 0.2) is 24.3 Å². The second-order valence-corrected chi connectivity index (χ2v) is 5.43. The minimum Gasteiger partial charge on any atom is -0.497 e. The summed E-state index contributed by atoms with van der Waals surface area (Å²) in [5.74, 6) is 0.859. The highest BCUT2D eigenvalue weighted by molar-refractivity contribution is 7.81. The van der Waals surface area contributed by atoms with E-state index < -0.39 is 0 Å². The van der Waals surface area contributed by atoms with Crippen molar-refractivity contribution >= 4 is 28.5 Å². The second-order valence-electron chi connectivity index (χ2n) is 3.91. The zero-order valence-corrected chi connectivity index (χ0v) is 11.9. The van der Waals surface area contributed by atoms with Crippen LogP contribution < -0.4 is 10.5 Å². The van der Waals surface area contributed by atoms with Crippen LogP contribution in [-0.2, 0) is 6.42 Å². The summed E-state index contributed by atoms with van der Waals surface area (Å²) in [6.07, 6.45) is 0.790. The molecular formula is C13H14N2OS2. The Morgan fingerprint density at radius 1 is 1.39 bits per heavy atom. The number of aromatic nitrogens is 1. The molecule has 0 bridgehead atoms. The minimum atomic E-state index is 0.422. The number of nitrogens with two attached hydrogens (primary N) is 1. The number of thiocarbonyl (C=S) groups is 1. The summed E-state index contributed by atoms with van der Waals surface area (Å²) in [5.41, 5.74) is 7.75. The van der Waals surface area contributed by atoms with Gasteiger partial charge in [0.05, 0.1) is 22.7 Å². The Morgan fingerprint density at radius 2 is 2.06 bits per heavy atom. The van der Waals surface area contributed by atoms with Crippen LogP contribution >= 0.6 is 23.6 Å². The maximum Gasteiger partial charge on any atom is 0.118 e. The maximum atomic E-state index is 5.64. The lowest BCUT2D eigenvalue weighted by Gasteiger charge is -2.01. The van der Waals surface area contributed by atoms with Crippen molar-refractivity contribution in [1.29, 1.82) is 0 Å². The van der Waals surface area contributed by atoms with Gasteiger partial charge in [-0.25, -0.2) is 4.98 Å². The number of benzene rings is 1. The van der Waals surface area contributed by atoms with Gasteiger partial charge >= 0.3 is 0 Å². The van der Waals surface area contributed by atoms with Gasteiger partial charge in [-0.3, -0.25) is 0 Å². The molecule has 2 aromatic rings.